The molecular weight excluding hydrogens is 510 g/mol. The number of unbranched alkanes of at least 4 members (excludes halogenated alkanes) is 1. The number of anilines is 1. The highest BCUT2D eigenvalue weighted by Gasteiger charge is 2.19. The van der Waals surface area contributed by atoms with Crippen molar-refractivity contribution in [3.05, 3.63) is 53.6 Å². The molecule has 0 spiro atoms. The molecule has 4 aromatic rings. The normalized spacial score (nSPS) is 10.9. The van der Waals surface area contributed by atoms with Crippen LogP contribution >= 0.6 is 0 Å². The maximum atomic E-state index is 13.1. The van der Waals surface area contributed by atoms with Crippen molar-refractivity contribution in [1.82, 2.24) is 19.7 Å². The fourth-order valence-electron chi connectivity index (χ4n) is 4.49. The zero-order chi connectivity index (χ0) is 28.6. The molecule has 10 heteroatoms. The average Bonchev–Trinajstić information content (AvgIpc) is 3.26. The highest BCUT2D eigenvalue weighted by atomic mass is 16.5. The molecule has 0 saturated carbocycles. The molecule has 0 unspecified atom stereocenters. The van der Waals surface area contributed by atoms with E-state index >= 15 is 0 Å². The van der Waals surface area contributed by atoms with Gasteiger partial charge in [0.05, 0.1) is 50.3 Å². The molecule has 1 aromatic carbocycles. The van der Waals surface area contributed by atoms with Crippen LogP contribution in [0.5, 0.6) is 28.7 Å². The van der Waals surface area contributed by atoms with Crippen molar-refractivity contribution in [3.63, 3.8) is 0 Å². The van der Waals surface area contributed by atoms with Crippen LogP contribution in [0.1, 0.15) is 50.6 Å². The Bertz CT molecular complexity index is 1480. The number of aryl methyl sites for hydroxylation is 2. The summed E-state index contributed by atoms with van der Waals surface area (Å²) in [4.78, 5) is 22.0. The topological polar surface area (TPSA) is 110 Å². The molecule has 3 aromatic heterocycles. The van der Waals surface area contributed by atoms with E-state index in [9.17, 15) is 4.79 Å². The molecule has 0 bridgehead atoms. The lowest BCUT2D eigenvalue weighted by molar-refractivity contribution is -0.115. The van der Waals surface area contributed by atoms with Crippen LogP contribution in [0.4, 0.5) is 5.82 Å². The molecule has 40 heavy (non-hydrogen) atoms. The standard InChI is InChI=1S/C30H37N5O5/c1-7-10-13-35-30(19(4)22(8-2)34-35)33-29(36)17-24-26(37-5)14-20(18-32-24)40-25-11-12-31-23-16-28(39-9-3)27(38-6)15-21(23)25/h11-12,14-16,18H,7-10,13,17H2,1-6H3,(H,33,36). The van der Waals surface area contributed by atoms with Gasteiger partial charge in [0.2, 0.25) is 5.91 Å². The van der Waals surface area contributed by atoms with Gasteiger partial charge in [0.25, 0.3) is 0 Å². The number of pyridine rings is 2. The number of carbonyl (C=O) groups is 1. The number of methoxy groups -OCH3 is 2. The van der Waals surface area contributed by atoms with Gasteiger partial charge in [-0.3, -0.25) is 14.8 Å². The Kier molecular flexibility index (Phi) is 9.42. The number of nitrogens with one attached hydrogen (secondary N) is 1. The van der Waals surface area contributed by atoms with Gasteiger partial charge < -0.3 is 24.3 Å². The first kappa shape index (κ1) is 28.7. The monoisotopic (exact) mass is 547 g/mol. The Morgan fingerprint density at radius 2 is 1.77 bits per heavy atom. The number of nitrogens with zero attached hydrogens (tertiary/aromatic N) is 4. The van der Waals surface area contributed by atoms with Gasteiger partial charge >= 0.3 is 0 Å². The van der Waals surface area contributed by atoms with Crippen molar-refractivity contribution in [2.75, 3.05) is 26.1 Å². The minimum Gasteiger partial charge on any atom is -0.495 e. The van der Waals surface area contributed by atoms with Crippen LogP contribution in [0.15, 0.2) is 36.7 Å². The number of hydrogen-bond donors (Lipinski definition) is 1. The predicted octanol–water partition coefficient (Wildman–Crippen LogP) is 5.89. The summed E-state index contributed by atoms with van der Waals surface area (Å²) in [6.07, 6.45) is 6.12. The average molecular weight is 548 g/mol. The minimum atomic E-state index is -0.194. The molecular formula is C30H37N5O5. The summed E-state index contributed by atoms with van der Waals surface area (Å²) in [6, 6.07) is 7.15. The zero-order valence-corrected chi connectivity index (χ0v) is 24.0. The van der Waals surface area contributed by atoms with E-state index < -0.39 is 0 Å². The van der Waals surface area contributed by atoms with Gasteiger partial charge in [-0.05, 0) is 38.8 Å². The Morgan fingerprint density at radius 1 is 0.975 bits per heavy atom. The van der Waals surface area contributed by atoms with Gasteiger partial charge in [0.1, 0.15) is 23.1 Å². The first-order valence-electron chi connectivity index (χ1n) is 13.6. The van der Waals surface area contributed by atoms with Gasteiger partial charge in [-0.2, -0.15) is 5.10 Å². The molecule has 1 amide bonds. The van der Waals surface area contributed by atoms with E-state index in [0.717, 1.165) is 48.3 Å². The Hall–Kier alpha value is -4.34. The third-order valence-electron chi connectivity index (χ3n) is 6.57. The fraction of sp³-hybridized carbons (Fsp3) is 0.400. The molecule has 3 heterocycles. The Labute approximate surface area is 234 Å². The van der Waals surface area contributed by atoms with Crippen molar-refractivity contribution in [2.24, 2.45) is 0 Å². The number of fused-ring (bicyclic) bond motifs is 1. The van der Waals surface area contributed by atoms with Crippen LogP contribution in [0.25, 0.3) is 10.9 Å². The number of hydrogen-bond acceptors (Lipinski definition) is 8. The van der Waals surface area contributed by atoms with Crippen LogP contribution in [0.2, 0.25) is 0 Å². The Morgan fingerprint density at radius 3 is 2.48 bits per heavy atom. The molecule has 0 aliphatic carbocycles. The molecule has 0 aliphatic rings. The second kappa shape index (κ2) is 13.1. The number of aromatic nitrogens is 4. The van der Waals surface area contributed by atoms with Gasteiger partial charge in [0, 0.05) is 35.8 Å². The van der Waals surface area contributed by atoms with Gasteiger partial charge in [0.15, 0.2) is 11.5 Å². The van der Waals surface area contributed by atoms with Crippen LogP contribution in [-0.2, 0) is 24.2 Å². The van der Waals surface area contributed by atoms with E-state index in [4.69, 9.17) is 18.9 Å². The third-order valence-corrected chi connectivity index (χ3v) is 6.57. The molecule has 0 aliphatic heterocycles. The number of amides is 1. The molecule has 0 fully saturated rings. The summed E-state index contributed by atoms with van der Waals surface area (Å²) >= 11 is 0. The summed E-state index contributed by atoms with van der Waals surface area (Å²) in [6.45, 7) is 9.36. The van der Waals surface area contributed by atoms with Crippen LogP contribution < -0.4 is 24.3 Å². The van der Waals surface area contributed by atoms with Gasteiger partial charge in [-0.25, -0.2) is 4.68 Å². The SMILES string of the molecule is CCCCn1nc(CC)c(C)c1NC(=O)Cc1ncc(Oc2ccnc3cc(OCC)c(OC)cc23)cc1OC. The van der Waals surface area contributed by atoms with E-state index in [0.29, 0.717) is 46.6 Å². The predicted molar refractivity (Wildman–Crippen MR) is 154 cm³/mol. The van der Waals surface area contributed by atoms with Crippen molar-refractivity contribution < 1.29 is 23.7 Å². The summed E-state index contributed by atoms with van der Waals surface area (Å²) < 4.78 is 24.8. The van der Waals surface area contributed by atoms with Crippen LogP contribution in [-0.4, -0.2) is 46.5 Å². The molecule has 212 valence electrons. The summed E-state index contributed by atoms with van der Waals surface area (Å²) in [5, 5.41) is 8.49. The largest absolute Gasteiger partial charge is 0.495 e. The number of benzene rings is 1. The van der Waals surface area contributed by atoms with Crippen molar-refractivity contribution in [1.29, 1.82) is 0 Å². The van der Waals surface area contributed by atoms with Crippen molar-refractivity contribution in [3.8, 4) is 28.7 Å². The molecule has 4 rings (SSSR count). The smallest absolute Gasteiger partial charge is 0.231 e. The number of carbonyl (C=O) groups excluding carboxylic acids is 1. The molecule has 10 nitrogen and oxygen atoms in total. The lowest BCUT2D eigenvalue weighted by atomic mass is 10.1. The maximum Gasteiger partial charge on any atom is 0.231 e. The lowest BCUT2D eigenvalue weighted by Crippen LogP contribution is -2.19. The first-order valence-corrected chi connectivity index (χ1v) is 13.6. The highest BCUT2D eigenvalue weighted by Crippen LogP contribution is 2.37. The van der Waals surface area contributed by atoms with E-state index in [1.165, 1.54) is 0 Å². The van der Waals surface area contributed by atoms with E-state index in [1.54, 1.807) is 38.7 Å². The summed E-state index contributed by atoms with van der Waals surface area (Å²) in [7, 11) is 3.13. The van der Waals surface area contributed by atoms with Crippen LogP contribution in [0.3, 0.4) is 0 Å². The van der Waals surface area contributed by atoms with E-state index in [1.807, 2.05) is 30.7 Å². The molecule has 0 atom stereocenters. The quantitative estimate of drug-likeness (QED) is 0.221. The maximum absolute atomic E-state index is 13.1. The molecule has 1 N–H and O–H groups in total. The van der Waals surface area contributed by atoms with Crippen molar-refractivity contribution in [2.45, 2.75) is 59.9 Å². The second-order valence-electron chi connectivity index (χ2n) is 9.26. The van der Waals surface area contributed by atoms with Gasteiger partial charge in [-0.15, -0.1) is 0 Å². The lowest BCUT2D eigenvalue weighted by Gasteiger charge is -2.14. The highest BCUT2D eigenvalue weighted by molar-refractivity contribution is 5.92. The van der Waals surface area contributed by atoms with Crippen molar-refractivity contribution >= 4 is 22.6 Å². The summed E-state index contributed by atoms with van der Waals surface area (Å²) in [5.74, 6) is 3.23. The second-order valence-corrected chi connectivity index (χ2v) is 9.26. The molecule has 0 radical (unpaired) electrons. The minimum absolute atomic E-state index is 0.0406. The van der Waals surface area contributed by atoms with E-state index in [-0.39, 0.29) is 12.3 Å². The zero-order valence-electron chi connectivity index (χ0n) is 24.0. The third kappa shape index (κ3) is 6.27. The number of rotatable bonds is 13. The molecule has 0 saturated heterocycles. The number of ether oxygens (including phenoxy) is 4. The summed E-state index contributed by atoms with van der Waals surface area (Å²) in [5.41, 5.74) is 3.18. The Balaban J connectivity index is 1.54. The van der Waals surface area contributed by atoms with Gasteiger partial charge in [-0.1, -0.05) is 20.3 Å². The van der Waals surface area contributed by atoms with E-state index in [2.05, 4.69) is 34.2 Å². The van der Waals surface area contributed by atoms with Crippen LogP contribution in [0, 0.1) is 6.92 Å². The first-order chi connectivity index (χ1) is 19.4. The fourth-order valence-corrected chi connectivity index (χ4v) is 4.49.